The number of aromatic nitrogens is 3. The highest BCUT2D eigenvalue weighted by atomic mass is 32.1. The zero-order valence-corrected chi connectivity index (χ0v) is 10.8. The first-order valence-corrected chi connectivity index (χ1v) is 6.45. The molecule has 0 amide bonds. The maximum absolute atomic E-state index is 5.56. The Hall–Kier alpha value is -1.89. The molecule has 6 nitrogen and oxygen atoms in total. The van der Waals surface area contributed by atoms with Crippen LogP contribution in [0.5, 0.6) is 12.0 Å². The van der Waals surface area contributed by atoms with Crippen molar-refractivity contribution in [1.82, 2.24) is 15.0 Å². The van der Waals surface area contributed by atoms with Crippen LogP contribution in [0, 0.1) is 0 Å². The van der Waals surface area contributed by atoms with Gasteiger partial charge in [0.15, 0.2) is 0 Å². The van der Waals surface area contributed by atoms with Gasteiger partial charge in [-0.3, -0.25) is 0 Å². The normalized spacial score (nSPS) is 10.3. The number of nitrogens with two attached hydrogens (primary N) is 1. The van der Waals surface area contributed by atoms with Crippen molar-refractivity contribution in [2.24, 2.45) is 0 Å². The summed E-state index contributed by atoms with van der Waals surface area (Å²) in [5.74, 6) is 0.0947. The average Bonchev–Trinajstić information content (AvgIpc) is 2.86. The van der Waals surface area contributed by atoms with Crippen LogP contribution in [0.4, 0.5) is 5.95 Å². The van der Waals surface area contributed by atoms with Crippen molar-refractivity contribution in [2.45, 2.75) is 20.0 Å². The summed E-state index contributed by atoms with van der Waals surface area (Å²) in [5, 5.41) is 1.98. The highest BCUT2D eigenvalue weighted by molar-refractivity contribution is 7.09. The molecule has 0 bridgehead atoms. The highest BCUT2D eigenvalue weighted by Gasteiger charge is 2.07. The lowest BCUT2D eigenvalue weighted by molar-refractivity contribution is 0.257. The third-order valence-corrected chi connectivity index (χ3v) is 2.82. The molecule has 2 aromatic heterocycles. The number of nitrogen functional groups attached to an aromatic ring is 1. The van der Waals surface area contributed by atoms with E-state index >= 15 is 0 Å². The van der Waals surface area contributed by atoms with Crippen molar-refractivity contribution in [2.75, 3.05) is 12.3 Å². The smallest absolute Gasteiger partial charge is 0.324 e. The Bertz CT molecular complexity index is 490. The largest absolute Gasteiger partial charge is 0.463 e. The van der Waals surface area contributed by atoms with E-state index in [-0.39, 0.29) is 18.0 Å². The third kappa shape index (κ3) is 3.56. The van der Waals surface area contributed by atoms with Crippen molar-refractivity contribution < 1.29 is 9.47 Å². The van der Waals surface area contributed by atoms with Crippen LogP contribution in [0.15, 0.2) is 17.5 Å². The molecule has 0 aliphatic heterocycles. The second-order valence-corrected chi connectivity index (χ2v) is 4.51. The number of hydrogen-bond donors (Lipinski definition) is 1. The van der Waals surface area contributed by atoms with Crippen molar-refractivity contribution >= 4 is 17.3 Å². The van der Waals surface area contributed by atoms with Crippen LogP contribution < -0.4 is 15.2 Å². The van der Waals surface area contributed by atoms with Gasteiger partial charge in [-0.2, -0.15) is 9.97 Å². The zero-order chi connectivity index (χ0) is 12.8. The summed E-state index contributed by atoms with van der Waals surface area (Å²) < 4.78 is 10.7. The standard InChI is InChI=1S/C11H14N4O2S/c1-2-5-16-10-13-9(12)14-11(15-10)17-7-8-4-3-6-18-8/h3-4,6H,2,5,7H2,1H3,(H2,12,13,14,15). The number of ether oxygens (including phenoxy) is 2. The predicted octanol–water partition coefficient (Wildman–Crippen LogP) is 1.88. The monoisotopic (exact) mass is 266 g/mol. The molecule has 0 aromatic carbocycles. The molecule has 0 fully saturated rings. The zero-order valence-electron chi connectivity index (χ0n) is 10.00. The molecule has 0 radical (unpaired) electrons. The van der Waals surface area contributed by atoms with Gasteiger partial charge in [-0.15, -0.1) is 16.3 Å². The molecule has 0 unspecified atom stereocenters. The molecule has 18 heavy (non-hydrogen) atoms. The quantitative estimate of drug-likeness (QED) is 0.859. The number of nitrogens with zero attached hydrogens (tertiary/aromatic N) is 3. The fraction of sp³-hybridized carbons (Fsp3) is 0.364. The summed E-state index contributed by atoms with van der Waals surface area (Å²) in [6.45, 7) is 2.95. The van der Waals surface area contributed by atoms with Crippen LogP contribution in [-0.4, -0.2) is 21.6 Å². The Morgan fingerprint density at radius 2 is 2.00 bits per heavy atom. The minimum atomic E-state index is 0.0947. The van der Waals surface area contributed by atoms with Crippen LogP contribution in [0.25, 0.3) is 0 Å². The molecule has 2 rings (SSSR count). The third-order valence-electron chi connectivity index (χ3n) is 1.97. The lowest BCUT2D eigenvalue weighted by Crippen LogP contribution is -2.07. The maximum atomic E-state index is 5.56. The van der Waals surface area contributed by atoms with E-state index in [1.165, 1.54) is 0 Å². The van der Waals surface area contributed by atoms with E-state index in [1.807, 2.05) is 24.4 Å². The minimum Gasteiger partial charge on any atom is -0.463 e. The second-order valence-electron chi connectivity index (χ2n) is 3.48. The van der Waals surface area contributed by atoms with Crippen LogP contribution in [0.2, 0.25) is 0 Å². The molecule has 2 N–H and O–H groups in total. The molecule has 2 aromatic rings. The molecule has 96 valence electrons. The first kappa shape index (κ1) is 12.6. The summed E-state index contributed by atoms with van der Waals surface area (Å²) in [7, 11) is 0. The molecule has 0 aliphatic carbocycles. The van der Waals surface area contributed by atoms with Gasteiger partial charge in [-0.1, -0.05) is 13.0 Å². The average molecular weight is 266 g/mol. The van der Waals surface area contributed by atoms with E-state index < -0.39 is 0 Å². The van der Waals surface area contributed by atoms with Gasteiger partial charge in [-0.05, 0) is 17.9 Å². The van der Waals surface area contributed by atoms with Crippen molar-refractivity contribution in [1.29, 1.82) is 0 Å². The van der Waals surface area contributed by atoms with Gasteiger partial charge in [-0.25, -0.2) is 0 Å². The molecule has 0 saturated carbocycles. The minimum absolute atomic E-state index is 0.0947. The molecule has 0 aliphatic rings. The number of thiophene rings is 1. The second kappa shape index (κ2) is 6.15. The van der Waals surface area contributed by atoms with Gasteiger partial charge in [0.1, 0.15) is 6.61 Å². The fourth-order valence-electron chi connectivity index (χ4n) is 1.21. The summed E-state index contributed by atoms with van der Waals surface area (Å²) >= 11 is 1.61. The maximum Gasteiger partial charge on any atom is 0.324 e. The Morgan fingerprint density at radius 3 is 2.67 bits per heavy atom. The summed E-state index contributed by atoms with van der Waals surface area (Å²) in [5.41, 5.74) is 5.56. The molecule has 0 atom stereocenters. The van der Waals surface area contributed by atoms with Crippen LogP contribution in [0.3, 0.4) is 0 Å². The topological polar surface area (TPSA) is 83.2 Å². The van der Waals surface area contributed by atoms with Gasteiger partial charge in [0.25, 0.3) is 0 Å². The van der Waals surface area contributed by atoms with Gasteiger partial charge in [0.2, 0.25) is 5.95 Å². The van der Waals surface area contributed by atoms with Gasteiger partial charge >= 0.3 is 12.0 Å². The SMILES string of the molecule is CCCOc1nc(N)nc(OCc2cccs2)n1. The van der Waals surface area contributed by atoms with Gasteiger partial charge in [0, 0.05) is 4.88 Å². The predicted molar refractivity (Wildman–Crippen MR) is 68.7 cm³/mol. The lowest BCUT2D eigenvalue weighted by atomic mass is 10.5. The van der Waals surface area contributed by atoms with Gasteiger partial charge in [0.05, 0.1) is 6.61 Å². The Labute approximate surface area is 109 Å². The Morgan fingerprint density at radius 1 is 1.22 bits per heavy atom. The number of hydrogen-bond acceptors (Lipinski definition) is 7. The van der Waals surface area contributed by atoms with Crippen LogP contribution in [0.1, 0.15) is 18.2 Å². The number of anilines is 1. The molecular weight excluding hydrogens is 252 g/mol. The summed E-state index contributed by atoms with van der Waals surface area (Å²) in [6.07, 6.45) is 0.872. The first-order chi connectivity index (χ1) is 8.78. The Balaban J connectivity index is 2.00. The lowest BCUT2D eigenvalue weighted by Gasteiger charge is -2.06. The van der Waals surface area contributed by atoms with E-state index in [0.717, 1.165) is 11.3 Å². The van der Waals surface area contributed by atoms with Crippen LogP contribution in [-0.2, 0) is 6.61 Å². The molecule has 2 heterocycles. The fourth-order valence-corrected chi connectivity index (χ4v) is 1.82. The van der Waals surface area contributed by atoms with Gasteiger partial charge < -0.3 is 15.2 Å². The van der Waals surface area contributed by atoms with E-state index in [2.05, 4.69) is 15.0 Å². The van der Waals surface area contributed by atoms with Crippen molar-refractivity contribution in [3.05, 3.63) is 22.4 Å². The van der Waals surface area contributed by atoms with E-state index in [0.29, 0.717) is 13.2 Å². The molecule has 0 spiro atoms. The van der Waals surface area contributed by atoms with Crippen molar-refractivity contribution in [3.8, 4) is 12.0 Å². The molecular formula is C11H14N4O2S. The molecule has 0 saturated heterocycles. The van der Waals surface area contributed by atoms with E-state index in [9.17, 15) is 0 Å². The summed E-state index contributed by atoms with van der Waals surface area (Å²) in [4.78, 5) is 12.9. The first-order valence-electron chi connectivity index (χ1n) is 5.57. The van der Waals surface area contributed by atoms with Crippen molar-refractivity contribution in [3.63, 3.8) is 0 Å². The van der Waals surface area contributed by atoms with Crippen LogP contribution >= 0.6 is 11.3 Å². The highest BCUT2D eigenvalue weighted by Crippen LogP contribution is 2.14. The number of rotatable bonds is 6. The molecule has 7 heteroatoms. The van der Waals surface area contributed by atoms with E-state index in [1.54, 1.807) is 11.3 Å². The Kier molecular flexibility index (Phi) is 4.30. The van der Waals surface area contributed by atoms with E-state index in [4.69, 9.17) is 15.2 Å². The summed E-state index contributed by atoms with van der Waals surface area (Å²) in [6, 6.07) is 4.32.